The molecule has 1 aliphatic heterocycles. The molecule has 0 bridgehead atoms. The number of aromatic nitrogens is 4. The summed E-state index contributed by atoms with van der Waals surface area (Å²) in [4.78, 5) is 5.49. The van der Waals surface area contributed by atoms with E-state index in [0.29, 0.717) is 18.2 Å². The standard InChI is InChI=1S/C11H17NS.C10H9ClN4O/c1-11(2,3)9-5-7-10(8-6-9)13-12-4;11-7-1-2-8(12-5-7)10-14-13-9-6-16-4-3-15(9)10/h5-8,12H,1-4H3;1-2,5H,3-4,6H2. The molecule has 8 heteroatoms. The van der Waals surface area contributed by atoms with Crippen LogP contribution in [0.1, 0.15) is 32.2 Å². The van der Waals surface area contributed by atoms with Crippen LogP contribution in [0.3, 0.4) is 0 Å². The molecule has 3 aromatic rings. The van der Waals surface area contributed by atoms with Crippen molar-refractivity contribution >= 4 is 23.5 Å². The summed E-state index contributed by atoms with van der Waals surface area (Å²) < 4.78 is 10.4. The lowest BCUT2D eigenvalue weighted by Crippen LogP contribution is -2.17. The van der Waals surface area contributed by atoms with Gasteiger partial charge in [-0.15, -0.1) is 10.2 Å². The van der Waals surface area contributed by atoms with Crippen molar-refractivity contribution in [3.8, 4) is 11.5 Å². The number of nitrogens with one attached hydrogen (secondary N) is 1. The van der Waals surface area contributed by atoms with Crippen molar-refractivity contribution in [1.82, 2.24) is 24.5 Å². The average molecular weight is 432 g/mol. The number of halogens is 1. The Morgan fingerprint density at radius 3 is 2.48 bits per heavy atom. The van der Waals surface area contributed by atoms with Crippen LogP contribution in [0, 0.1) is 0 Å². The summed E-state index contributed by atoms with van der Waals surface area (Å²) in [6.45, 7) is 8.65. The van der Waals surface area contributed by atoms with E-state index in [0.717, 1.165) is 23.9 Å². The number of ether oxygens (including phenoxy) is 1. The van der Waals surface area contributed by atoms with Crippen LogP contribution >= 0.6 is 23.5 Å². The number of hydrogen-bond acceptors (Lipinski definition) is 6. The molecule has 3 heterocycles. The number of rotatable bonds is 3. The molecule has 0 aliphatic carbocycles. The molecule has 4 rings (SSSR count). The molecule has 0 radical (unpaired) electrons. The van der Waals surface area contributed by atoms with Crippen molar-refractivity contribution in [2.24, 2.45) is 0 Å². The predicted molar refractivity (Wildman–Crippen MR) is 118 cm³/mol. The van der Waals surface area contributed by atoms with Gasteiger partial charge in [0.2, 0.25) is 0 Å². The molecule has 0 fully saturated rings. The zero-order chi connectivity index (χ0) is 20.9. The van der Waals surface area contributed by atoms with Gasteiger partial charge in [-0.05, 0) is 54.2 Å². The van der Waals surface area contributed by atoms with Gasteiger partial charge in [0.15, 0.2) is 11.6 Å². The van der Waals surface area contributed by atoms with E-state index >= 15 is 0 Å². The van der Waals surface area contributed by atoms with Gasteiger partial charge in [-0.1, -0.05) is 44.5 Å². The van der Waals surface area contributed by atoms with Crippen molar-refractivity contribution in [2.45, 2.75) is 44.2 Å². The van der Waals surface area contributed by atoms with E-state index in [2.05, 4.69) is 64.9 Å². The number of nitrogens with zero attached hydrogens (tertiary/aromatic N) is 4. The van der Waals surface area contributed by atoms with Crippen molar-refractivity contribution in [2.75, 3.05) is 13.7 Å². The van der Waals surface area contributed by atoms with Crippen LogP contribution in [0.2, 0.25) is 5.02 Å². The highest BCUT2D eigenvalue weighted by Crippen LogP contribution is 2.24. The quantitative estimate of drug-likeness (QED) is 0.604. The third-order valence-electron chi connectivity index (χ3n) is 4.41. The molecule has 0 unspecified atom stereocenters. The minimum Gasteiger partial charge on any atom is -0.372 e. The van der Waals surface area contributed by atoms with Crippen molar-refractivity contribution in [3.63, 3.8) is 0 Å². The first-order valence-corrected chi connectivity index (χ1v) is 10.6. The molecule has 0 saturated carbocycles. The molecule has 6 nitrogen and oxygen atoms in total. The number of pyridine rings is 1. The van der Waals surface area contributed by atoms with Crippen LogP contribution in [-0.4, -0.2) is 33.4 Å². The maximum atomic E-state index is 5.79. The molecule has 1 N–H and O–H groups in total. The summed E-state index contributed by atoms with van der Waals surface area (Å²) in [5, 5.41) is 8.81. The molecule has 0 saturated heterocycles. The lowest BCUT2D eigenvalue weighted by molar-refractivity contribution is 0.0820. The fraction of sp³-hybridized carbons (Fsp3) is 0.381. The predicted octanol–water partition coefficient (Wildman–Crippen LogP) is 4.73. The minimum atomic E-state index is 0.253. The van der Waals surface area contributed by atoms with Gasteiger partial charge in [0.1, 0.15) is 12.3 Å². The first kappa shape index (κ1) is 21.8. The second-order valence-electron chi connectivity index (χ2n) is 7.59. The Kier molecular flexibility index (Phi) is 7.29. The Morgan fingerprint density at radius 2 is 1.86 bits per heavy atom. The van der Waals surface area contributed by atoms with E-state index in [-0.39, 0.29) is 5.41 Å². The molecule has 29 heavy (non-hydrogen) atoms. The van der Waals surface area contributed by atoms with Gasteiger partial charge >= 0.3 is 0 Å². The van der Waals surface area contributed by atoms with E-state index in [1.807, 2.05) is 17.7 Å². The first-order chi connectivity index (χ1) is 13.9. The zero-order valence-corrected chi connectivity index (χ0v) is 18.7. The van der Waals surface area contributed by atoms with E-state index < -0.39 is 0 Å². The Balaban J connectivity index is 0.000000170. The Bertz CT molecular complexity index is 920. The van der Waals surface area contributed by atoms with Gasteiger partial charge in [0.05, 0.1) is 11.6 Å². The number of hydrogen-bond donors (Lipinski definition) is 1. The Morgan fingerprint density at radius 1 is 1.10 bits per heavy atom. The zero-order valence-electron chi connectivity index (χ0n) is 17.1. The van der Waals surface area contributed by atoms with Crippen LogP contribution in [0.4, 0.5) is 0 Å². The smallest absolute Gasteiger partial charge is 0.182 e. The van der Waals surface area contributed by atoms with Gasteiger partial charge in [0.25, 0.3) is 0 Å². The molecule has 0 amide bonds. The third-order valence-corrected chi connectivity index (χ3v) is 5.35. The van der Waals surface area contributed by atoms with Gasteiger partial charge in [0, 0.05) is 17.6 Å². The van der Waals surface area contributed by atoms with E-state index in [9.17, 15) is 0 Å². The second-order valence-corrected chi connectivity index (χ2v) is 9.11. The van der Waals surface area contributed by atoms with Crippen molar-refractivity contribution < 1.29 is 4.74 Å². The number of fused-ring (bicyclic) bond motifs is 1. The summed E-state index contributed by atoms with van der Waals surface area (Å²) in [6, 6.07) is 12.3. The van der Waals surface area contributed by atoms with Crippen LogP contribution in [0.15, 0.2) is 47.5 Å². The number of benzene rings is 1. The topological polar surface area (TPSA) is 64.9 Å². The van der Waals surface area contributed by atoms with Crippen molar-refractivity contribution in [3.05, 3.63) is 59.0 Å². The molecule has 0 atom stereocenters. The molecule has 154 valence electrons. The monoisotopic (exact) mass is 431 g/mol. The SMILES string of the molecule is CNSc1ccc(C(C)(C)C)cc1.Clc1ccc(-c2nnc3n2CCOC3)nc1. The van der Waals surface area contributed by atoms with Crippen LogP contribution in [-0.2, 0) is 23.3 Å². The normalized spacial score (nSPS) is 13.4. The highest BCUT2D eigenvalue weighted by Gasteiger charge is 2.17. The lowest BCUT2D eigenvalue weighted by Gasteiger charge is -2.18. The van der Waals surface area contributed by atoms with Crippen molar-refractivity contribution in [1.29, 1.82) is 0 Å². The van der Waals surface area contributed by atoms with Gasteiger partial charge < -0.3 is 9.30 Å². The molecule has 1 aliphatic rings. The maximum absolute atomic E-state index is 5.79. The summed E-state index contributed by atoms with van der Waals surface area (Å²) in [6.07, 6.45) is 1.61. The molecule has 0 spiro atoms. The van der Waals surface area contributed by atoms with Gasteiger partial charge in [-0.3, -0.25) is 9.71 Å². The summed E-state index contributed by atoms with van der Waals surface area (Å²) in [5.41, 5.74) is 2.42. The summed E-state index contributed by atoms with van der Waals surface area (Å²) in [5.74, 6) is 1.62. The third kappa shape index (κ3) is 5.79. The molecule has 2 aromatic heterocycles. The second kappa shape index (κ2) is 9.71. The van der Waals surface area contributed by atoms with Crippen LogP contribution in [0.5, 0.6) is 0 Å². The minimum absolute atomic E-state index is 0.253. The van der Waals surface area contributed by atoms with Gasteiger partial charge in [-0.25, -0.2) is 0 Å². The van der Waals surface area contributed by atoms with E-state index in [1.54, 1.807) is 24.2 Å². The fourth-order valence-electron chi connectivity index (χ4n) is 2.83. The average Bonchev–Trinajstić information content (AvgIpc) is 3.13. The first-order valence-electron chi connectivity index (χ1n) is 9.44. The van der Waals surface area contributed by atoms with Crippen LogP contribution in [0.25, 0.3) is 11.5 Å². The lowest BCUT2D eigenvalue weighted by atomic mass is 9.87. The molecular weight excluding hydrogens is 406 g/mol. The largest absolute Gasteiger partial charge is 0.372 e. The molecular formula is C21H26ClN5OS. The summed E-state index contributed by atoms with van der Waals surface area (Å²) >= 11 is 7.44. The Hall–Kier alpha value is -1.93. The fourth-order valence-corrected chi connectivity index (χ4v) is 3.45. The van der Waals surface area contributed by atoms with E-state index in [4.69, 9.17) is 16.3 Å². The Labute approximate surface area is 181 Å². The summed E-state index contributed by atoms with van der Waals surface area (Å²) in [7, 11) is 1.93. The highest BCUT2D eigenvalue weighted by molar-refractivity contribution is 7.97. The van der Waals surface area contributed by atoms with Gasteiger partial charge in [-0.2, -0.15) is 0 Å². The van der Waals surface area contributed by atoms with Crippen LogP contribution < -0.4 is 4.72 Å². The van der Waals surface area contributed by atoms with E-state index in [1.165, 1.54) is 10.5 Å². The maximum Gasteiger partial charge on any atom is 0.182 e. The molecule has 1 aromatic carbocycles. The highest BCUT2D eigenvalue weighted by atomic mass is 35.5.